The average Bonchev–Trinajstić information content (AvgIpc) is 2.70. The second-order valence-corrected chi connectivity index (χ2v) is 7.13. The summed E-state index contributed by atoms with van der Waals surface area (Å²) < 4.78 is 27.5. The topological polar surface area (TPSA) is 57.6 Å². The normalized spacial score (nSPS) is 20.4. The second kappa shape index (κ2) is 7.08. The third kappa shape index (κ3) is 3.65. The Hall–Kier alpha value is -1.35. The van der Waals surface area contributed by atoms with Gasteiger partial charge in [-0.3, -0.25) is 0 Å². The lowest BCUT2D eigenvalue weighted by atomic mass is 10.1. The monoisotopic (exact) mass is 307 g/mol. The highest BCUT2D eigenvalue weighted by molar-refractivity contribution is 7.89. The number of hydrogen-bond donors (Lipinski definition) is 1. The molecule has 21 heavy (non-hydrogen) atoms. The van der Waals surface area contributed by atoms with Crippen molar-refractivity contribution in [2.24, 2.45) is 0 Å². The maximum absolute atomic E-state index is 12.9. The fraction of sp³-hybridized carbons (Fsp3) is 0.500. The van der Waals surface area contributed by atoms with Gasteiger partial charge in [-0.15, -0.1) is 0 Å². The standard InChI is InChI=1S/C16H21NO3S/c1-14-8-3-2-6-12-17(14)21(19,20)16-11-5-4-9-15(16)10-7-13-18/h4-5,9,11,14,18H,2-3,6,8,12-13H2,1H3. The Bertz CT molecular complexity index is 643. The first-order chi connectivity index (χ1) is 10.1. The smallest absolute Gasteiger partial charge is 0.244 e. The number of benzene rings is 1. The number of nitrogens with zero attached hydrogens (tertiary/aromatic N) is 1. The molecule has 114 valence electrons. The van der Waals surface area contributed by atoms with Crippen LogP contribution in [-0.2, 0) is 10.0 Å². The molecular formula is C16H21NO3S. The summed E-state index contributed by atoms with van der Waals surface area (Å²) in [5.41, 5.74) is 0.447. The van der Waals surface area contributed by atoms with E-state index >= 15 is 0 Å². The summed E-state index contributed by atoms with van der Waals surface area (Å²) in [5.74, 6) is 5.26. The van der Waals surface area contributed by atoms with Crippen LogP contribution < -0.4 is 0 Å². The fourth-order valence-electron chi connectivity index (χ4n) is 2.66. The molecule has 1 aromatic rings. The zero-order chi connectivity index (χ0) is 15.3. The summed E-state index contributed by atoms with van der Waals surface area (Å²) in [6.45, 7) is 2.24. The highest BCUT2D eigenvalue weighted by atomic mass is 32.2. The summed E-state index contributed by atoms with van der Waals surface area (Å²) in [4.78, 5) is 0.236. The van der Waals surface area contributed by atoms with E-state index in [9.17, 15) is 8.42 Å². The quantitative estimate of drug-likeness (QED) is 0.850. The molecule has 2 rings (SSSR count). The molecule has 0 saturated carbocycles. The molecule has 0 spiro atoms. The van der Waals surface area contributed by atoms with Crippen molar-refractivity contribution >= 4 is 10.0 Å². The van der Waals surface area contributed by atoms with E-state index in [0.29, 0.717) is 12.1 Å². The van der Waals surface area contributed by atoms with E-state index in [4.69, 9.17) is 5.11 Å². The van der Waals surface area contributed by atoms with Crippen LogP contribution in [0.5, 0.6) is 0 Å². The lowest BCUT2D eigenvalue weighted by Gasteiger charge is -2.26. The first-order valence-electron chi connectivity index (χ1n) is 7.28. The summed E-state index contributed by atoms with van der Waals surface area (Å²) in [5, 5.41) is 8.82. The first kappa shape index (κ1) is 16.0. The van der Waals surface area contributed by atoms with Gasteiger partial charge in [-0.2, -0.15) is 4.31 Å². The van der Waals surface area contributed by atoms with Crippen LogP contribution in [0.2, 0.25) is 0 Å². The lowest BCUT2D eigenvalue weighted by Crippen LogP contribution is -2.38. The van der Waals surface area contributed by atoms with Crippen LogP contribution in [0.15, 0.2) is 29.2 Å². The molecule has 4 nitrogen and oxygen atoms in total. The molecular weight excluding hydrogens is 286 g/mol. The molecule has 1 aromatic carbocycles. The van der Waals surface area contributed by atoms with E-state index in [1.165, 1.54) is 0 Å². The Labute approximate surface area is 126 Å². The lowest BCUT2D eigenvalue weighted by molar-refractivity contribution is 0.342. The fourth-order valence-corrected chi connectivity index (χ4v) is 4.51. The molecule has 1 N–H and O–H groups in total. The van der Waals surface area contributed by atoms with Gasteiger partial charge in [-0.25, -0.2) is 8.42 Å². The van der Waals surface area contributed by atoms with Crippen molar-refractivity contribution < 1.29 is 13.5 Å². The predicted octanol–water partition coefficient (Wildman–Crippen LogP) is 1.98. The van der Waals surface area contributed by atoms with Crippen molar-refractivity contribution in [3.8, 4) is 11.8 Å². The first-order valence-corrected chi connectivity index (χ1v) is 8.72. The molecule has 1 unspecified atom stereocenters. The van der Waals surface area contributed by atoms with Crippen LogP contribution in [0.1, 0.15) is 38.2 Å². The summed E-state index contributed by atoms with van der Waals surface area (Å²) in [6, 6.07) is 6.74. The molecule has 5 heteroatoms. The molecule has 0 aromatic heterocycles. The van der Waals surface area contributed by atoms with Crippen LogP contribution in [0.3, 0.4) is 0 Å². The highest BCUT2D eigenvalue weighted by Crippen LogP contribution is 2.26. The van der Waals surface area contributed by atoms with Crippen LogP contribution in [0.4, 0.5) is 0 Å². The molecule has 0 amide bonds. The van der Waals surface area contributed by atoms with Crippen LogP contribution in [0, 0.1) is 11.8 Å². The van der Waals surface area contributed by atoms with Gasteiger partial charge in [0, 0.05) is 18.2 Å². The highest BCUT2D eigenvalue weighted by Gasteiger charge is 2.31. The van der Waals surface area contributed by atoms with E-state index in [2.05, 4.69) is 11.8 Å². The van der Waals surface area contributed by atoms with Gasteiger partial charge in [0.05, 0.1) is 4.90 Å². The number of hydrogen-bond acceptors (Lipinski definition) is 3. The molecule has 1 fully saturated rings. The summed E-state index contributed by atoms with van der Waals surface area (Å²) in [7, 11) is -3.55. The molecule has 0 radical (unpaired) electrons. The second-order valence-electron chi connectivity index (χ2n) is 5.27. The molecule has 1 heterocycles. The van der Waals surface area contributed by atoms with E-state index in [-0.39, 0.29) is 17.5 Å². The SMILES string of the molecule is CC1CCCCCN1S(=O)(=O)c1ccccc1C#CCO. The Morgan fingerprint density at radius 2 is 2.05 bits per heavy atom. The molecule has 1 aliphatic rings. The van der Waals surface area contributed by atoms with Crippen molar-refractivity contribution in [1.82, 2.24) is 4.31 Å². The van der Waals surface area contributed by atoms with Crippen LogP contribution in [0.25, 0.3) is 0 Å². The number of aliphatic hydroxyl groups excluding tert-OH is 1. The predicted molar refractivity (Wildman–Crippen MR) is 82.2 cm³/mol. The largest absolute Gasteiger partial charge is 0.384 e. The minimum absolute atomic E-state index is 0.0105. The van der Waals surface area contributed by atoms with Crippen molar-refractivity contribution in [3.63, 3.8) is 0 Å². The molecule has 1 atom stereocenters. The van der Waals surface area contributed by atoms with Crippen LogP contribution >= 0.6 is 0 Å². The number of aliphatic hydroxyl groups is 1. The maximum atomic E-state index is 12.9. The summed E-state index contributed by atoms with van der Waals surface area (Å²) in [6.07, 6.45) is 3.93. The van der Waals surface area contributed by atoms with Crippen molar-refractivity contribution in [1.29, 1.82) is 0 Å². The third-order valence-electron chi connectivity index (χ3n) is 3.77. The molecule has 1 aliphatic heterocycles. The number of rotatable bonds is 2. The van der Waals surface area contributed by atoms with Gasteiger partial charge in [0.25, 0.3) is 0 Å². The zero-order valence-electron chi connectivity index (χ0n) is 12.2. The van der Waals surface area contributed by atoms with E-state index in [1.807, 2.05) is 6.92 Å². The van der Waals surface area contributed by atoms with E-state index in [0.717, 1.165) is 25.7 Å². The number of sulfonamides is 1. The van der Waals surface area contributed by atoms with Gasteiger partial charge in [0.1, 0.15) is 6.61 Å². The van der Waals surface area contributed by atoms with Crippen LogP contribution in [-0.4, -0.2) is 37.0 Å². The Morgan fingerprint density at radius 1 is 1.29 bits per heavy atom. The summed E-state index contributed by atoms with van der Waals surface area (Å²) >= 11 is 0. The van der Waals surface area contributed by atoms with Crippen molar-refractivity contribution in [2.45, 2.75) is 43.5 Å². The third-order valence-corrected chi connectivity index (χ3v) is 5.84. The van der Waals surface area contributed by atoms with Crippen molar-refractivity contribution in [2.75, 3.05) is 13.2 Å². The molecule has 0 aliphatic carbocycles. The van der Waals surface area contributed by atoms with Crippen molar-refractivity contribution in [3.05, 3.63) is 29.8 Å². The Morgan fingerprint density at radius 3 is 2.81 bits per heavy atom. The minimum Gasteiger partial charge on any atom is -0.384 e. The van der Waals surface area contributed by atoms with Gasteiger partial charge in [0.15, 0.2) is 0 Å². The van der Waals surface area contributed by atoms with Gasteiger partial charge >= 0.3 is 0 Å². The Kier molecular flexibility index (Phi) is 5.40. The van der Waals surface area contributed by atoms with E-state index < -0.39 is 10.0 Å². The van der Waals surface area contributed by atoms with Gasteiger partial charge in [-0.1, -0.05) is 36.8 Å². The van der Waals surface area contributed by atoms with Gasteiger partial charge in [0.2, 0.25) is 10.0 Å². The maximum Gasteiger partial charge on any atom is 0.244 e. The molecule has 1 saturated heterocycles. The average molecular weight is 307 g/mol. The zero-order valence-corrected chi connectivity index (χ0v) is 13.1. The van der Waals surface area contributed by atoms with Gasteiger partial charge < -0.3 is 5.11 Å². The van der Waals surface area contributed by atoms with Gasteiger partial charge in [-0.05, 0) is 31.9 Å². The molecule has 0 bridgehead atoms. The minimum atomic E-state index is -3.55. The Balaban J connectivity index is 2.43. The van der Waals surface area contributed by atoms with E-state index in [1.54, 1.807) is 28.6 Å².